The van der Waals surface area contributed by atoms with Gasteiger partial charge in [-0.3, -0.25) is 0 Å². The average Bonchev–Trinajstić information content (AvgIpc) is 2.16. The topological polar surface area (TPSA) is 75.3 Å². The summed E-state index contributed by atoms with van der Waals surface area (Å²) in [5.74, 6) is -0.526. The van der Waals surface area contributed by atoms with Gasteiger partial charge in [0, 0.05) is 11.7 Å². The highest BCUT2D eigenvalue weighted by Crippen LogP contribution is 2.21. The van der Waals surface area contributed by atoms with E-state index in [1.54, 1.807) is 12.1 Å². The standard InChI is InChI=1S/C12H18N2O2/c1-7(2)8(3)14-11-6-9(13)4-5-10(11)12(15)16/h4-8,14H,13H2,1-3H3,(H,15,16). The van der Waals surface area contributed by atoms with Crippen molar-refractivity contribution in [3.05, 3.63) is 23.8 Å². The second-order valence-electron chi connectivity index (χ2n) is 4.29. The molecule has 1 aromatic carbocycles. The molecule has 0 saturated heterocycles. The van der Waals surface area contributed by atoms with Crippen molar-refractivity contribution in [1.29, 1.82) is 0 Å². The lowest BCUT2D eigenvalue weighted by Crippen LogP contribution is -2.23. The Kier molecular flexibility index (Phi) is 3.77. The van der Waals surface area contributed by atoms with E-state index in [1.807, 2.05) is 6.92 Å². The molecule has 0 aliphatic rings. The molecule has 4 heteroatoms. The molecule has 0 spiro atoms. The maximum absolute atomic E-state index is 11.0. The number of hydrogen-bond donors (Lipinski definition) is 3. The number of aromatic carboxylic acids is 1. The Bertz CT molecular complexity index is 389. The molecule has 0 aliphatic heterocycles. The first-order valence-corrected chi connectivity index (χ1v) is 5.31. The second kappa shape index (κ2) is 4.88. The van der Waals surface area contributed by atoms with Crippen molar-refractivity contribution < 1.29 is 9.90 Å². The van der Waals surface area contributed by atoms with Crippen LogP contribution in [0.2, 0.25) is 0 Å². The quantitative estimate of drug-likeness (QED) is 0.684. The summed E-state index contributed by atoms with van der Waals surface area (Å²) in [5, 5.41) is 12.2. The minimum absolute atomic E-state index is 0.194. The molecule has 88 valence electrons. The summed E-state index contributed by atoms with van der Waals surface area (Å²) in [4.78, 5) is 11.0. The summed E-state index contributed by atoms with van der Waals surface area (Å²) < 4.78 is 0. The highest BCUT2D eigenvalue weighted by Gasteiger charge is 2.13. The smallest absolute Gasteiger partial charge is 0.337 e. The molecule has 0 aromatic heterocycles. The van der Waals surface area contributed by atoms with Crippen molar-refractivity contribution in [2.24, 2.45) is 5.92 Å². The van der Waals surface area contributed by atoms with Crippen LogP contribution in [0, 0.1) is 5.92 Å². The van der Waals surface area contributed by atoms with Gasteiger partial charge in [0.25, 0.3) is 0 Å². The zero-order valence-corrected chi connectivity index (χ0v) is 9.82. The number of nitrogens with two attached hydrogens (primary N) is 1. The molecule has 4 nitrogen and oxygen atoms in total. The highest BCUT2D eigenvalue weighted by atomic mass is 16.4. The molecule has 0 aliphatic carbocycles. The minimum atomic E-state index is -0.946. The maximum atomic E-state index is 11.0. The van der Waals surface area contributed by atoms with Crippen LogP contribution in [0.3, 0.4) is 0 Å². The van der Waals surface area contributed by atoms with Crippen LogP contribution in [0.4, 0.5) is 11.4 Å². The number of hydrogen-bond acceptors (Lipinski definition) is 3. The molecule has 1 aromatic rings. The molecule has 1 unspecified atom stereocenters. The van der Waals surface area contributed by atoms with Gasteiger partial charge in [0.2, 0.25) is 0 Å². The Balaban J connectivity index is 3.01. The zero-order valence-electron chi connectivity index (χ0n) is 9.82. The Morgan fingerprint density at radius 1 is 1.38 bits per heavy atom. The molecular formula is C12H18N2O2. The summed E-state index contributed by atoms with van der Waals surface area (Å²) in [6.07, 6.45) is 0. The number of nitrogen functional groups attached to an aromatic ring is 1. The van der Waals surface area contributed by atoms with Gasteiger partial charge < -0.3 is 16.2 Å². The summed E-state index contributed by atoms with van der Waals surface area (Å²) >= 11 is 0. The molecule has 0 amide bonds. The van der Waals surface area contributed by atoms with Gasteiger partial charge >= 0.3 is 5.97 Å². The lowest BCUT2D eigenvalue weighted by Gasteiger charge is -2.20. The number of anilines is 2. The van der Waals surface area contributed by atoms with E-state index in [9.17, 15) is 4.79 Å². The Labute approximate surface area is 95.5 Å². The van der Waals surface area contributed by atoms with Gasteiger partial charge in [0.1, 0.15) is 0 Å². The predicted molar refractivity (Wildman–Crippen MR) is 65.7 cm³/mol. The van der Waals surface area contributed by atoms with Crippen LogP contribution in [0.1, 0.15) is 31.1 Å². The highest BCUT2D eigenvalue weighted by molar-refractivity contribution is 5.95. The molecule has 0 radical (unpaired) electrons. The molecular weight excluding hydrogens is 204 g/mol. The van der Waals surface area contributed by atoms with Gasteiger partial charge in [0.05, 0.1) is 11.3 Å². The number of nitrogens with one attached hydrogen (secondary N) is 1. The van der Waals surface area contributed by atoms with E-state index in [4.69, 9.17) is 10.8 Å². The molecule has 0 saturated carbocycles. The molecule has 1 rings (SSSR count). The van der Waals surface area contributed by atoms with Crippen molar-refractivity contribution in [2.75, 3.05) is 11.1 Å². The average molecular weight is 222 g/mol. The Hall–Kier alpha value is -1.71. The van der Waals surface area contributed by atoms with E-state index in [-0.39, 0.29) is 11.6 Å². The van der Waals surface area contributed by atoms with Crippen LogP contribution in [0.5, 0.6) is 0 Å². The summed E-state index contributed by atoms with van der Waals surface area (Å²) in [5.41, 5.74) is 7.03. The lowest BCUT2D eigenvalue weighted by atomic mass is 10.0. The lowest BCUT2D eigenvalue weighted by molar-refractivity contribution is 0.0698. The van der Waals surface area contributed by atoms with Crippen molar-refractivity contribution >= 4 is 17.3 Å². The fraction of sp³-hybridized carbons (Fsp3) is 0.417. The predicted octanol–water partition coefficient (Wildman–Crippen LogP) is 2.42. The second-order valence-corrected chi connectivity index (χ2v) is 4.29. The van der Waals surface area contributed by atoms with Gasteiger partial charge in [-0.1, -0.05) is 13.8 Å². The van der Waals surface area contributed by atoms with Gasteiger partial charge in [-0.2, -0.15) is 0 Å². The van der Waals surface area contributed by atoms with E-state index in [0.29, 0.717) is 17.3 Å². The molecule has 0 fully saturated rings. The van der Waals surface area contributed by atoms with Crippen LogP contribution >= 0.6 is 0 Å². The van der Waals surface area contributed by atoms with Gasteiger partial charge in [-0.05, 0) is 31.0 Å². The fourth-order valence-electron chi connectivity index (χ4n) is 1.28. The van der Waals surface area contributed by atoms with Gasteiger partial charge in [0.15, 0.2) is 0 Å². The number of carbonyl (C=O) groups is 1. The molecule has 16 heavy (non-hydrogen) atoms. The molecule has 0 heterocycles. The van der Waals surface area contributed by atoms with Gasteiger partial charge in [-0.15, -0.1) is 0 Å². The number of benzene rings is 1. The van der Waals surface area contributed by atoms with Gasteiger partial charge in [-0.25, -0.2) is 4.79 Å². The monoisotopic (exact) mass is 222 g/mol. The minimum Gasteiger partial charge on any atom is -0.478 e. The molecule has 0 bridgehead atoms. The van der Waals surface area contributed by atoms with Crippen molar-refractivity contribution in [3.8, 4) is 0 Å². The summed E-state index contributed by atoms with van der Waals surface area (Å²) in [6, 6.07) is 4.96. The SMILES string of the molecule is CC(C)C(C)Nc1cc(N)ccc1C(=O)O. The Morgan fingerprint density at radius 2 is 2.00 bits per heavy atom. The largest absolute Gasteiger partial charge is 0.478 e. The normalized spacial score (nSPS) is 12.5. The molecule has 4 N–H and O–H groups in total. The third-order valence-electron chi connectivity index (χ3n) is 2.66. The summed E-state index contributed by atoms with van der Waals surface area (Å²) in [7, 11) is 0. The first kappa shape index (κ1) is 12.4. The van der Waals surface area contributed by atoms with Crippen LogP contribution < -0.4 is 11.1 Å². The van der Waals surface area contributed by atoms with Crippen LogP contribution in [-0.2, 0) is 0 Å². The van der Waals surface area contributed by atoms with Crippen LogP contribution in [0.15, 0.2) is 18.2 Å². The number of carboxylic acids is 1. The first-order valence-electron chi connectivity index (χ1n) is 5.31. The van der Waals surface area contributed by atoms with Crippen LogP contribution in [-0.4, -0.2) is 17.1 Å². The fourth-order valence-corrected chi connectivity index (χ4v) is 1.28. The van der Waals surface area contributed by atoms with E-state index in [1.165, 1.54) is 6.07 Å². The van der Waals surface area contributed by atoms with Crippen LogP contribution in [0.25, 0.3) is 0 Å². The molecule has 1 atom stereocenters. The summed E-state index contributed by atoms with van der Waals surface area (Å²) in [6.45, 7) is 6.16. The van der Waals surface area contributed by atoms with E-state index >= 15 is 0 Å². The van der Waals surface area contributed by atoms with Crippen molar-refractivity contribution in [3.63, 3.8) is 0 Å². The zero-order chi connectivity index (χ0) is 12.3. The number of rotatable bonds is 4. The van der Waals surface area contributed by atoms with E-state index in [2.05, 4.69) is 19.2 Å². The maximum Gasteiger partial charge on any atom is 0.337 e. The van der Waals surface area contributed by atoms with E-state index < -0.39 is 5.97 Å². The van der Waals surface area contributed by atoms with E-state index in [0.717, 1.165) is 0 Å². The van der Waals surface area contributed by atoms with Crippen molar-refractivity contribution in [1.82, 2.24) is 0 Å². The number of carboxylic acid groups (broad SMARTS) is 1. The first-order chi connectivity index (χ1) is 7.41. The Morgan fingerprint density at radius 3 is 2.50 bits per heavy atom. The third kappa shape index (κ3) is 2.89. The third-order valence-corrected chi connectivity index (χ3v) is 2.66. The van der Waals surface area contributed by atoms with Crippen molar-refractivity contribution in [2.45, 2.75) is 26.8 Å².